The summed E-state index contributed by atoms with van der Waals surface area (Å²) in [6.07, 6.45) is 5.82. The van der Waals surface area contributed by atoms with E-state index in [-0.39, 0.29) is 10.8 Å². The first-order valence-corrected chi connectivity index (χ1v) is 8.68. The van der Waals surface area contributed by atoms with Crippen LogP contribution < -0.4 is 0 Å². The summed E-state index contributed by atoms with van der Waals surface area (Å²) in [6.45, 7) is 0. The zero-order valence-electron chi connectivity index (χ0n) is 11.3. The zero-order valence-corrected chi connectivity index (χ0v) is 12.9. The van der Waals surface area contributed by atoms with Crippen LogP contribution in [0.3, 0.4) is 0 Å². The first-order valence-electron chi connectivity index (χ1n) is 6.82. The van der Waals surface area contributed by atoms with E-state index >= 15 is 0 Å². The largest absolute Gasteiger partial charge is 0.219 e. The number of rotatable bonds is 2. The van der Waals surface area contributed by atoms with Gasteiger partial charge < -0.3 is 0 Å². The molecule has 3 nitrogen and oxygen atoms in total. The van der Waals surface area contributed by atoms with Crippen LogP contribution in [0.5, 0.6) is 0 Å². The Morgan fingerprint density at radius 1 is 1.24 bits per heavy atom. The average Bonchev–Trinajstić information content (AvgIpc) is 2.47. The molecule has 2 aliphatic rings. The molecule has 0 fully saturated rings. The van der Waals surface area contributed by atoms with E-state index in [4.69, 9.17) is 16.9 Å². The Balaban J connectivity index is 1.97. The van der Waals surface area contributed by atoms with Crippen LogP contribution in [0.4, 0.5) is 0 Å². The molecule has 5 heteroatoms. The molecular formula is C16H14ClNO2S. The van der Waals surface area contributed by atoms with Crippen molar-refractivity contribution in [3.8, 4) is 6.07 Å². The molecule has 0 aromatic heterocycles. The molecule has 108 valence electrons. The smallest absolute Gasteiger partial charge is 0.202 e. The number of hydrogen-bond acceptors (Lipinski definition) is 3. The molecule has 0 saturated carbocycles. The molecule has 0 radical (unpaired) electrons. The summed E-state index contributed by atoms with van der Waals surface area (Å²) >= 11 is 5.82. The van der Waals surface area contributed by atoms with Gasteiger partial charge >= 0.3 is 0 Å². The lowest BCUT2D eigenvalue weighted by Gasteiger charge is -2.32. The van der Waals surface area contributed by atoms with Gasteiger partial charge in [0, 0.05) is 21.4 Å². The van der Waals surface area contributed by atoms with E-state index in [0.717, 1.165) is 6.42 Å². The summed E-state index contributed by atoms with van der Waals surface area (Å²) in [5, 5.41) is 9.59. The summed E-state index contributed by atoms with van der Waals surface area (Å²) in [7, 11) is -3.50. The third-order valence-corrected chi connectivity index (χ3v) is 6.36. The van der Waals surface area contributed by atoms with Gasteiger partial charge in [-0.15, -0.1) is 0 Å². The minimum absolute atomic E-state index is 0.0796. The Bertz CT molecular complexity index is 769. The Labute approximate surface area is 129 Å². The number of allylic oxidation sites excluding steroid dienone is 4. The molecule has 2 atom stereocenters. The third-order valence-electron chi connectivity index (χ3n) is 4.09. The summed E-state index contributed by atoms with van der Waals surface area (Å²) in [6, 6.07) is 8.42. The molecule has 0 aliphatic heterocycles. The monoisotopic (exact) mass is 319 g/mol. The summed E-state index contributed by atoms with van der Waals surface area (Å²) in [4.78, 5) is 0.728. The van der Waals surface area contributed by atoms with Crippen molar-refractivity contribution in [2.45, 2.75) is 24.2 Å². The lowest BCUT2D eigenvalue weighted by atomic mass is 9.77. The Hall–Kier alpha value is -1.57. The summed E-state index contributed by atoms with van der Waals surface area (Å²) in [5.41, 5.74) is 0.702. The second-order valence-corrected chi connectivity index (χ2v) is 7.89. The predicted molar refractivity (Wildman–Crippen MR) is 81.2 cm³/mol. The van der Waals surface area contributed by atoms with Crippen molar-refractivity contribution in [1.82, 2.24) is 0 Å². The SMILES string of the molecule is N#CC1=C[C@H]2CC=C(S(=O)(=O)c3ccc(Cl)cc3)[C@@H](C1)C2. The molecule has 21 heavy (non-hydrogen) atoms. The van der Waals surface area contributed by atoms with Crippen LogP contribution >= 0.6 is 11.6 Å². The maximum atomic E-state index is 12.8. The molecule has 0 spiro atoms. The minimum Gasteiger partial charge on any atom is -0.219 e. The first-order chi connectivity index (χ1) is 10.0. The van der Waals surface area contributed by atoms with Gasteiger partial charge in [0.05, 0.1) is 11.0 Å². The molecule has 0 saturated heterocycles. The fourth-order valence-corrected chi connectivity index (χ4v) is 4.94. The highest BCUT2D eigenvalue weighted by Gasteiger charge is 2.35. The van der Waals surface area contributed by atoms with Crippen molar-refractivity contribution in [3.05, 3.63) is 51.9 Å². The Kier molecular flexibility index (Phi) is 3.64. The van der Waals surface area contributed by atoms with Crippen LogP contribution in [0.1, 0.15) is 19.3 Å². The topological polar surface area (TPSA) is 57.9 Å². The van der Waals surface area contributed by atoms with Crippen molar-refractivity contribution in [3.63, 3.8) is 0 Å². The lowest BCUT2D eigenvalue weighted by Crippen LogP contribution is -2.24. The fraction of sp³-hybridized carbons (Fsp3) is 0.312. The molecule has 3 rings (SSSR count). The van der Waals surface area contributed by atoms with Gasteiger partial charge in [0.25, 0.3) is 0 Å². The number of sulfone groups is 1. The van der Waals surface area contributed by atoms with Gasteiger partial charge in [-0.25, -0.2) is 8.42 Å². The zero-order chi connectivity index (χ0) is 15.0. The van der Waals surface area contributed by atoms with Gasteiger partial charge in [0.1, 0.15) is 0 Å². The van der Waals surface area contributed by atoms with Gasteiger partial charge in [0.2, 0.25) is 9.84 Å². The molecule has 2 aliphatic carbocycles. The number of fused-ring (bicyclic) bond motifs is 2. The van der Waals surface area contributed by atoms with Crippen molar-refractivity contribution in [2.75, 3.05) is 0 Å². The number of halogens is 1. The highest BCUT2D eigenvalue weighted by Crippen LogP contribution is 2.42. The average molecular weight is 320 g/mol. The van der Waals surface area contributed by atoms with Crippen molar-refractivity contribution >= 4 is 21.4 Å². The van der Waals surface area contributed by atoms with E-state index in [1.165, 1.54) is 12.1 Å². The quantitative estimate of drug-likeness (QED) is 0.831. The molecule has 0 unspecified atom stereocenters. The van der Waals surface area contributed by atoms with Gasteiger partial charge in [-0.2, -0.15) is 5.26 Å². The second kappa shape index (κ2) is 5.32. The highest BCUT2D eigenvalue weighted by atomic mass is 35.5. The van der Waals surface area contributed by atoms with Crippen LogP contribution in [-0.4, -0.2) is 8.42 Å². The van der Waals surface area contributed by atoms with Crippen LogP contribution in [0.15, 0.2) is 51.8 Å². The molecule has 1 aromatic carbocycles. The Morgan fingerprint density at radius 2 is 1.95 bits per heavy atom. The van der Waals surface area contributed by atoms with E-state index < -0.39 is 9.84 Å². The van der Waals surface area contributed by atoms with Crippen LogP contribution in [0.2, 0.25) is 5.02 Å². The lowest BCUT2D eigenvalue weighted by molar-refractivity contribution is 0.424. The maximum absolute atomic E-state index is 12.8. The minimum atomic E-state index is -3.50. The van der Waals surface area contributed by atoms with Crippen LogP contribution in [0, 0.1) is 23.2 Å². The number of nitrogens with zero attached hydrogens (tertiary/aromatic N) is 1. The van der Waals surface area contributed by atoms with Crippen molar-refractivity contribution < 1.29 is 8.42 Å². The van der Waals surface area contributed by atoms with Crippen molar-refractivity contribution in [2.24, 2.45) is 11.8 Å². The maximum Gasteiger partial charge on any atom is 0.202 e. The number of benzene rings is 1. The number of nitriles is 1. The predicted octanol–water partition coefficient (Wildman–Crippen LogP) is 3.88. The van der Waals surface area contributed by atoms with Gasteiger partial charge in [-0.05, 0) is 49.4 Å². The molecule has 0 heterocycles. The number of hydrogen-bond donors (Lipinski definition) is 0. The highest BCUT2D eigenvalue weighted by molar-refractivity contribution is 7.95. The van der Waals surface area contributed by atoms with Crippen LogP contribution in [0.25, 0.3) is 0 Å². The standard InChI is InChI=1S/C16H14ClNO2S/c17-14-2-4-15(5-3-14)21(19,20)16-6-1-11-7-12(10-18)9-13(16)8-11/h2-7,11,13H,1,8-9H2/t11-,13-/m1/s1. The second-order valence-electron chi connectivity index (χ2n) is 5.50. The summed E-state index contributed by atoms with van der Waals surface area (Å²) < 4.78 is 25.6. The first kappa shape index (κ1) is 14.4. The molecule has 0 amide bonds. The van der Waals surface area contributed by atoms with E-state index in [1.807, 2.05) is 12.2 Å². The van der Waals surface area contributed by atoms with Crippen LogP contribution in [-0.2, 0) is 9.84 Å². The summed E-state index contributed by atoms with van der Waals surface area (Å²) in [5.74, 6) is 0.214. The third kappa shape index (κ3) is 2.64. The van der Waals surface area contributed by atoms with E-state index in [2.05, 4.69) is 6.07 Å². The van der Waals surface area contributed by atoms with E-state index in [9.17, 15) is 8.42 Å². The molecular weight excluding hydrogens is 306 g/mol. The molecule has 2 bridgehead atoms. The van der Waals surface area contributed by atoms with Gasteiger partial charge in [-0.3, -0.25) is 0 Å². The van der Waals surface area contributed by atoms with E-state index in [0.29, 0.717) is 34.3 Å². The van der Waals surface area contributed by atoms with E-state index in [1.54, 1.807) is 12.1 Å². The van der Waals surface area contributed by atoms with Gasteiger partial charge in [-0.1, -0.05) is 23.8 Å². The molecule has 1 aromatic rings. The molecule has 0 N–H and O–H groups in total. The normalized spacial score (nSPS) is 24.8. The Morgan fingerprint density at radius 3 is 2.62 bits per heavy atom. The van der Waals surface area contributed by atoms with Gasteiger partial charge in [0.15, 0.2) is 0 Å². The van der Waals surface area contributed by atoms with Crippen molar-refractivity contribution in [1.29, 1.82) is 5.26 Å². The fourth-order valence-electron chi connectivity index (χ4n) is 3.11.